The van der Waals surface area contributed by atoms with Crippen LogP contribution < -0.4 is 0 Å². The van der Waals surface area contributed by atoms with E-state index in [0.717, 1.165) is 6.54 Å². The first-order chi connectivity index (χ1) is 5.56. The van der Waals surface area contributed by atoms with Crippen molar-refractivity contribution in [2.45, 2.75) is 40.0 Å². The first-order valence-electron chi connectivity index (χ1n) is 4.85. The molecule has 1 aliphatic rings. The number of nitrogens with zero attached hydrogens (tertiary/aromatic N) is 2. The van der Waals surface area contributed by atoms with Gasteiger partial charge in [-0.15, -0.1) is 0 Å². The summed E-state index contributed by atoms with van der Waals surface area (Å²) in [5.41, 5.74) is 1.73. The van der Waals surface area contributed by atoms with Crippen molar-refractivity contribution < 1.29 is 0 Å². The fourth-order valence-corrected chi connectivity index (χ4v) is 1.64. The lowest BCUT2D eigenvalue weighted by atomic mass is 9.90. The van der Waals surface area contributed by atoms with Crippen molar-refractivity contribution in [3.05, 3.63) is 0 Å². The van der Waals surface area contributed by atoms with Crippen LogP contribution in [-0.4, -0.2) is 24.3 Å². The van der Waals surface area contributed by atoms with Gasteiger partial charge in [-0.2, -0.15) is 5.10 Å². The number of hydrogen-bond donors (Lipinski definition) is 0. The third-order valence-electron chi connectivity index (χ3n) is 2.75. The van der Waals surface area contributed by atoms with Crippen LogP contribution >= 0.6 is 0 Å². The van der Waals surface area contributed by atoms with Gasteiger partial charge < -0.3 is 5.01 Å². The summed E-state index contributed by atoms with van der Waals surface area (Å²) in [4.78, 5) is 0. The van der Waals surface area contributed by atoms with Gasteiger partial charge in [-0.05, 0) is 26.2 Å². The van der Waals surface area contributed by atoms with Gasteiger partial charge in [0.15, 0.2) is 0 Å². The highest BCUT2D eigenvalue weighted by Gasteiger charge is 2.30. The van der Waals surface area contributed by atoms with E-state index in [9.17, 15) is 0 Å². The SMILES string of the molecule is CCN(C)/N=C1/CCCC1(C)C. The third kappa shape index (κ3) is 1.99. The molecule has 1 fully saturated rings. The molecule has 0 aromatic rings. The Morgan fingerprint density at radius 1 is 1.50 bits per heavy atom. The molecule has 1 aliphatic carbocycles. The molecule has 0 spiro atoms. The van der Waals surface area contributed by atoms with Crippen LogP contribution in [0.4, 0.5) is 0 Å². The van der Waals surface area contributed by atoms with E-state index in [1.54, 1.807) is 0 Å². The second-order valence-electron chi connectivity index (χ2n) is 4.26. The van der Waals surface area contributed by atoms with Crippen LogP contribution in [0.15, 0.2) is 5.10 Å². The van der Waals surface area contributed by atoms with Gasteiger partial charge in [-0.1, -0.05) is 13.8 Å². The van der Waals surface area contributed by atoms with E-state index in [1.807, 2.05) is 12.1 Å². The number of hydrazone groups is 1. The van der Waals surface area contributed by atoms with E-state index in [-0.39, 0.29) is 0 Å². The lowest BCUT2D eigenvalue weighted by Gasteiger charge is -2.20. The minimum absolute atomic E-state index is 0.351. The number of rotatable bonds is 2. The molecule has 0 aromatic carbocycles. The summed E-state index contributed by atoms with van der Waals surface area (Å²) in [5, 5.41) is 6.63. The molecule has 1 rings (SSSR count). The van der Waals surface area contributed by atoms with Gasteiger partial charge in [0.1, 0.15) is 0 Å². The molecule has 0 N–H and O–H groups in total. The minimum Gasteiger partial charge on any atom is -0.300 e. The standard InChI is InChI=1S/C10H20N2/c1-5-12(4)11-9-7-6-8-10(9,2)3/h5-8H2,1-4H3/b11-9-. The average Bonchev–Trinajstić information content (AvgIpc) is 2.31. The van der Waals surface area contributed by atoms with Gasteiger partial charge in [0.2, 0.25) is 0 Å². The molecular weight excluding hydrogens is 148 g/mol. The van der Waals surface area contributed by atoms with Crippen LogP contribution in [0.1, 0.15) is 40.0 Å². The van der Waals surface area contributed by atoms with E-state index in [0.29, 0.717) is 5.41 Å². The van der Waals surface area contributed by atoms with E-state index in [4.69, 9.17) is 0 Å². The molecule has 0 aliphatic heterocycles. The van der Waals surface area contributed by atoms with Gasteiger partial charge in [-0.3, -0.25) is 0 Å². The van der Waals surface area contributed by atoms with Crippen molar-refractivity contribution >= 4 is 5.71 Å². The molecule has 0 heterocycles. The highest BCUT2D eigenvalue weighted by Crippen LogP contribution is 2.34. The van der Waals surface area contributed by atoms with Gasteiger partial charge in [0.05, 0.1) is 0 Å². The molecule has 0 atom stereocenters. The summed E-state index contributed by atoms with van der Waals surface area (Å²) >= 11 is 0. The summed E-state index contributed by atoms with van der Waals surface area (Å²) in [6.45, 7) is 7.72. The highest BCUT2D eigenvalue weighted by atomic mass is 15.4. The quantitative estimate of drug-likeness (QED) is 0.578. The third-order valence-corrected chi connectivity index (χ3v) is 2.75. The van der Waals surface area contributed by atoms with Crippen molar-refractivity contribution in [1.82, 2.24) is 5.01 Å². The molecule has 2 heteroatoms. The first kappa shape index (κ1) is 9.56. The van der Waals surface area contributed by atoms with Crippen molar-refractivity contribution in [1.29, 1.82) is 0 Å². The van der Waals surface area contributed by atoms with Crippen molar-refractivity contribution in [2.75, 3.05) is 13.6 Å². The molecule has 0 aromatic heterocycles. The molecule has 1 saturated carbocycles. The van der Waals surface area contributed by atoms with Gasteiger partial charge in [0, 0.05) is 24.7 Å². The summed E-state index contributed by atoms with van der Waals surface area (Å²) in [6.07, 6.45) is 3.80. The fraction of sp³-hybridized carbons (Fsp3) is 0.900. The van der Waals surface area contributed by atoms with E-state index < -0.39 is 0 Å². The van der Waals surface area contributed by atoms with Crippen LogP contribution in [-0.2, 0) is 0 Å². The lowest BCUT2D eigenvalue weighted by molar-refractivity contribution is 0.366. The molecule has 0 radical (unpaired) electrons. The molecule has 0 unspecified atom stereocenters. The fourth-order valence-electron chi connectivity index (χ4n) is 1.64. The average molecular weight is 168 g/mol. The van der Waals surface area contributed by atoms with Gasteiger partial charge >= 0.3 is 0 Å². The van der Waals surface area contributed by atoms with Gasteiger partial charge in [0.25, 0.3) is 0 Å². The summed E-state index contributed by atoms with van der Waals surface area (Å²) in [7, 11) is 2.04. The Balaban J connectivity index is 2.67. The minimum atomic E-state index is 0.351. The van der Waals surface area contributed by atoms with Crippen LogP contribution in [0.3, 0.4) is 0 Å². The van der Waals surface area contributed by atoms with E-state index >= 15 is 0 Å². The Morgan fingerprint density at radius 2 is 2.17 bits per heavy atom. The first-order valence-corrected chi connectivity index (χ1v) is 4.85. The maximum Gasteiger partial charge on any atom is 0.0436 e. The van der Waals surface area contributed by atoms with Crippen molar-refractivity contribution in [2.24, 2.45) is 10.5 Å². The molecule has 2 nitrogen and oxygen atoms in total. The van der Waals surface area contributed by atoms with Crippen LogP contribution in [0.5, 0.6) is 0 Å². The summed E-state index contributed by atoms with van der Waals surface area (Å²) in [6, 6.07) is 0. The Morgan fingerprint density at radius 3 is 2.58 bits per heavy atom. The summed E-state index contributed by atoms with van der Waals surface area (Å²) < 4.78 is 0. The predicted molar refractivity (Wildman–Crippen MR) is 53.4 cm³/mol. The zero-order chi connectivity index (χ0) is 9.19. The topological polar surface area (TPSA) is 15.6 Å². The normalized spacial score (nSPS) is 24.8. The number of hydrogen-bond acceptors (Lipinski definition) is 2. The zero-order valence-corrected chi connectivity index (χ0v) is 8.72. The second-order valence-corrected chi connectivity index (χ2v) is 4.26. The molecule has 0 saturated heterocycles. The van der Waals surface area contributed by atoms with E-state index in [1.165, 1.54) is 25.0 Å². The maximum atomic E-state index is 4.60. The monoisotopic (exact) mass is 168 g/mol. The van der Waals surface area contributed by atoms with Crippen LogP contribution in [0.25, 0.3) is 0 Å². The van der Waals surface area contributed by atoms with Crippen LogP contribution in [0.2, 0.25) is 0 Å². The molecule has 0 bridgehead atoms. The lowest BCUT2D eigenvalue weighted by Crippen LogP contribution is -2.21. The van der Waals surface area contributed by atoms with Crippen molar-refractivity contribution in [3.63, 3.8) is 0 Å². The molecule has 0 amide bonds. The Hall–Kier alpha value is -0.530. The highest BCUT2D eigenvalue weighted by molar-refractivity contribution is 5.91. The van der Waals surface area contributed by atoms with Crippen molar-refractivity contribution in [3.8, 4) is 0 Å². The largest absolute Gasteiger partial charge is 0.300 e. The smallest absolute Gasteiger partial charge is 0.0436 e. The molecular formula is C10H20N2. The predicted octanol–water partition coefficient (Wildman–Crippen LogP) is 2.50. The zero-order valence-electron chi connectivity index (χ0n) is 8.72. The molecule has 70 valence electrons. The summed E-state index contributed by atoms with van der Waals surface area (Å²) in [5.74, 6) is 0. The van der Waals surface area contributed by atoms with Crippen LogP contribution in [0, 0.1) is 5.41 Å². The Kier molecular flexibility index (Phi) is 2.76. The molecule has 12 heavy (non-hydrogen) atoms. The Labute approximate surface area is 75.6 Å². The Bertz CT molecular complexity index is 182. The maximum absolute atomic E-state index is 4.60. The van der Waals surface area contributed by atoms with Gasteiger partial charge in [-0.25, -0.2) is 0 Å². The second kappa shape index (κ2) is 3.46. The van der Waals surface area contributed by atoms with E-state index in [2.05, 4.69) is 25.9 Å².